The summed E-state index contributed by atoms with van der Waals surface area (Å²) < 4.78 is 2.31. The van der Waals surface area contributed by atoms with Crippen LogP contribution in [0.2, 0.25) is 0 Å². The minimum absolute atomic E-state index is 0.0277. The maximum Gasteiger partial charge on any atom is 0.272 e. The molecule has 3 aromatic rings. The maximum atomic E-state index is 12.5. The first-order valence-corrected chi connectivity index (χ1v) is 10.5. The van der Waals surface area contributed by atoms with Crippen LogP contribution in [0.5, 0.6) is 0 Å². The van der Waals surface area contributed by atoms with Crippen LogP contribution in [-0.2, 0) is 17.8 Å². The van der Waals surface area contributed by atoms with E-state index >= 15 is 0 Å². The molecule has 1 atom stereocenters. The minimum atomic E-state index is -0.0287. The number of benzene rings is 1. The van der Waals surface area contributed by atoms with Crippen molar-refractivity contribution >= 4 is 39.2 Å². The molecule has 7 heteroatoms. The van der Waals surface area contributed by atoms with Crippen molar-refractivity contribution in [3.8, 4) is 0 Å². The summed E-state index contributed by atoms with van der Waals surface area (Å²) in [7, 11) is 0. The number of nitrogens with one attached hydrogen (secondary N) is 1. The van der Waals surface area contributed by atoms with Gasteiger partial charge >= 0.3 is 0 Å². The summed E-state index contributed by atoms with van der Waals surface area (Å²) in [6.45, 7) is 2.46. The molecule has 1 aliphatic carbocycles. The van der Waals surface area contributed by atoms with Gasteiger partial charge in [-0.15, -0.1) is 11.3 Å². The smallest absolute Gasteiger partial charge is 0.272 e. The molecule has 0 radical (unpaired) electrons. The minimum Gasteiger partial charge on any atom is -0.349 e. The Morgan fingerprint density at radius 2 is 2.23 bits per heavy atom. The second-order valence-electron chi connectivity index (χ2n) is 6.23. The molecule has 0 bridgehead atoms. The Morgan fingerprint density at radius 3 is 3.08 bits per heavy atom. The lowest BCUT2D eigenvalue weighted by Crippen LogP contribution is -2.29. The zero-order chi connectivity index (χ0) is 18.1. The molecule has 26 heavy (non-hydrogen) atoms. The summed E-state index contributed by atoms with van der Waals surface area (Å²) >= 11 is 2.73. The number of hydrogen-bond acceptors (Lipinski definition) is 5. The van der Waals surface area contributed by atoms with Gasteiger partial charge in [-0.05, 0) is 42.3 Å². The van der Waals surface area contributed by atoms with E-state index in [0.29, 0.717) is 21.9 Å². The maximum absolute atomic E-state index is 12.5. The average molecular weight is 386 g/mol. The Hall–Kier alpha value is -2.12. The number of thioether (sulfide) groups is 1. The molecule has 1 N–H and O–H groups in total. The first kappa shape index (κ1) is 17.3. The molecular weight excluding hydrogens is 366 g/mol. The summed E-state index contributed by atoms with van der Waals surface area (Å²) in [5, 5.41) is 5.59. The van der Waals surface area contributed by atoms with Gasteiger partial charge < -0.3 is 5.32 Å². The summed E-state index contributed by atoms with van der Waals surface area (Å²) in [6, 6.07) is 10.2. The predicted octanol–water partition coefficient (Wildman–Crippen LogP) is 3.37. The van der Waals surface area contributed by atoms with Gasteiger partial charge in [0.25, 0.3) is 5.56 Å². The fourth-order valence-corrected chi connectivity index (χ4v) is 5.04. The number of rotatable bonds is 5. The fraction of sp³-hybridized carbons (Fsp3) is 0.316. The number of aryl methyl sites for hydroxylation is 1. The Bertz CT molecular complexity index is 1030. The summed E-state index contributed by atoms with van der Waals surface area (Å²) in [4.78, 5) is 29.5. The Kier molecular flexibility index (Phi) is 4.82. The first-order valence-electron chi connectivity index (χ1n) is 8.65. The third-order valence-corrected chi connectivity index (χ3v) is 6.52. The molecule has 4 rings (SSSR count). The molecule has 0 spiro atoms. The van der Waals surface area contributed by atoms with E-state index in [1.807, 2.05) is 30.5 Å². The zero-order valence-electron chi connectivity index (χ0n) is 14.4. The van der Waals surface area contributed by atoms with Crippen molar-refractivity contribution in [2.24, 2.45) is 0 Å². The van der Waals surface area contributed by atoms with E-state index in [-0.39, 0.29) is 23.3 Å². The van der Waals surface area contributed by atoms with Crippen LogP contribution < -0.4 is 10.9 Å². The lowest BCUT2D eigenvalue weighted by molar-refractivity contribution is -0.119. The van der Waals surface area contributed by atoms with Crippen molar-refractivity contribution < 1.29 is 4.79 Å². The summed E-state index contributed by atoms with van der Waals surface area (Å²) in [6.07, 6.45) is 1.94. The van der Waals surface area contributed by atoms with Gasteiger partial charge in [0.1, 0.15) is 4.70 Å². The van der Waals surface area contributed by atoms with Crippen LogP contribution in [0.15, 0.2) is 45.7 Å². The van der Waals surface area contributed by atoms with Crippen LogP contribution >= 0.6 is 23.1 Å². The lowest BCUT2D eigenvalue weighted by atomic mass is 10.1. The van der Waals surface area contributed by atoms with Crippen molar-refractivity contribution in [1.82, 2.24) is 14.9 Å². The van der Waals surface area contributed by atoms with E-state index in [1.54, 1.807) is 4.57 Å². The number of nitrogens with zero attached hydrogens (tertiary/aromatic N) is 2. The van der Waals surface area contributed by atoms with Crippen LogP contribution in [0.3, 0.4) is 0 Å². The molecule has 0 fully saturated rings. The molecule has 1 aliphatic rings. The number of carbonyl (C=O) groups excluding carboxylic acids is 1. The molecule has 1 aromatic carbocycles. The number of carbonyl (C=O) groups is 1. The van der Waals surface area contributed by atoms with Crippen LogP contribution in [-0.4, -0.2) is 21.2 Å². The topological polar surface area (TPSA) is 64.0 Å². The Morgan fingerprint density at radius 1 is 1.38 bits per heavy atom. The highest BCUT2D eigenvalue weighted by Gasteiger charge is 2.23. The highest BCUT2D eigenvalue weighted by Crippen LogP contribution is 2.30. The molecule has 0 aliphatic heterocycles. The van der Waals surface area contributed by atoms with Gasteiger partial charge in [0.15, 0.2) is 5.16 Å². The van der Waals surface area contributed by atoms with Crippen LogP contribution in [0.25, 0.3) is 10.2 Å². The highest BCUT2D eigenvalue weighted by molar-refractivity contribution is 7.99. The number of hydrogen-bond donors (Lipinski definition) is 1. The van der Waals surface area contributed by atoms with Crippen molar-refractivity contribution in [2.75, 3.05) is 5.75 Å². The van der Waals surface area contributed by atoms with Crippen molar-refractivity contribution in [1.29, 1.82) is 0 Å². The van der Waals surface area contributed by atoms with E-state index in [0.717, 1.165) is 12.8 Å². The van der Waals surface area contributed by atoms with Crippen molar-refractivity contribution in [3.05, 3.63) is 57.2 Å². The van der Waals surface area contributed by atoms with Crippen LogP contribution in [0, 0.1) is 0 Å². The van der Waals surface area contributed by atoms with Gasteiger partial charge in [0, 0.05) is 6.54 Å². The quantitative estimate of drug-likeness (QED) is 0.540. The third kappa shape index (κ3) is 3.17. The molecule has 0 saturated heterocycles. The third-order valence-electron chi connectivity index (χ3n) is 4.65. The second kappa shape index (κ2) is 7.25. The molecular formula is C19H19N3O2S2. The molecule has 2 heterocycles. The van der Waals surface area contributed by atoms with Gasteiger partial charge in [0.05, 0.1) is 17.3 Å². The Labute approximate surface area is 159 Å². The zero-order valence-corrected chi connectivity index (χ0v) is 16.0. The predicted molar refractivity (Wildman–Crippen MR) is 106 cm³/mol. The molecule has 5 nitrogen and oxygen atoms in total. The molecule has 134 valence electrons. The number of amides is 1. The Balaban J connectivity index is 1.47. The van der Waals surface area contributed by atoms with E-state index < -0.39 is 0 Å². The van der Waals surface area contributed by atoms with Crippen LogP contribution in [0.1, 0.15) is 30.5 Å². The number of aromatic nitrogens is 2. The van der Waals surface area contributed by atoms with Gasteiger partial charge in [-0.2, -0.15) is 0 Å². The lowest BCUT2D eigenvalue weighted by Gasteiger charge is -2.14. The SMILES string of the molecule is CCn1c(SCC(=O)N[C@@H]2CCc3ccccc32)nc2ccsc2c1=O. The summed E-state index contributed by atoms with van der Waals surface area (Å²) in [5.41, 5.74) is 3.21. The van der Waals surface area contributed by atoms with Crippen molar-refractivity contribution in [2.45, 2.75) is 37.5 Å². The summed E-state index contributed by atoms with van der Waals surface area (Å²) in [5.74, 6) is 0.222. The van der Waals surface area contributed by atoms with Crippen LogP contribution in [0.4, 0.5) is 0 Å². The average Bonchev–Trinajstić information content (AvgIpc) is 3.28. The van der Waals surface area contributed by atoms with Crippen molar-refractivity contribution in [3.63, 3.8) is 0 Å². The van der Waals surface area contributed by atoms with E-state index in [4.69, 9.17) is 0 Å². The first-order chi connectivity index (χ1) is 12.7. The normalized spacial score (nSPS) is 16.0. The second-order valence-corrected chi connectivity index (χ2v) is 8.08. The fourth-order valence-electron chi connectivity index (χ4n) is 3.39. The molecule has 0 saturated carbocycles. The standard InChI is InChI=1S/C19H19N3O2S2/c1-2-22-18(24)17-15(9-10-25-17)21-19(22)26-11-16(23)20-14-8-7-12-5-3-4-6-13(12)14/h3-6,9-10,14H,2,7-8,11H2,1H3,(H,20,23)/t14-/m1/s1. The molecule has 1 amide bonds. The largest absolute Gasteiger partial charge is 0.349 e. The number of thiophene rings is 1. The van der Waals surface area contributed by atoms with Gasteiger partial charge in [0.2, 0.25) is 5.91 Å². The molecule has 0 unspecified atom stereocenters. The monoisotopic (exact) mass is 385 g/mol. The van der Waals surface area contributed by atoms with Gasteiger partial charge in [-0.25, -0.2) is 4.98 Å². The highest BCUT2D eigenvalue weighted by atomic mass is 32.2. The van der Waals surface area contributed by atoms with E-state index in [9.17, 15) is 9.59 Å². The molecule has 2 aromatic heterocycles. The van der Waals surface area contributed by atoms with E-state index in [1.165, 1.54) is 34.2 Å². The number of fused-ring (bicyclic) bond motifs is 2. The van der Waals surface area contributed by atoms with Gasteiger partial charge in [-0.1, -0.05) is 36.0 Å². The van der Waals surface area contributed by atoms with E-state index in [2.05, 4.69) is 22.4 Å². The van der Waals surface area contributed by atoms with Gasteiger partial charge in [-0.3, -0.25) is 14.2 Å².